The van der Waals surface area contributed by atoms with E-state index in [9.17, 15) is 0 Å². The third-order valence-electron chi connectivity index (χ3n) is 3.72. The number of halogens is 1. The highest BCUT2D eigenvalue weighted by molar-refractivity contribution is 5.85. The average molecular weight is 258 g/mol. The molecule has 1 aliphatic rings. The van der Waals surface area contributed by atoms with E-state index in [1.165, 1.54) is 44.1 Å². The Kier molecular flexibility index (Phi) is 6.68. The number of hydrogen-bond donors (Lipinski definition) is 1. The summed E-state index contributed by atoms with van der Waals surface area (Å²) in [7, 11) is 0. The highest BCUT2D eigenvalue weighted by Crippen LogP contribution is 2.28. The lowest BCUT2D eigenvalue weighted by atomic mass is 9.82. The van der Waals surface area contributed by atoms with Crippen LogP contribution >= 0.6 is 12.4 Å². The van der Waals surface area contributed by atoms with Gasteiger partial charge in [0.15, 0.2) is 0 Å². The zero-order valence-corrected chi connectivity index (χ0v) is 11.5. The predicted octanol–water partition coefficient (Wildman–Crippen LogP) is 4.15. The van der Waals surface area contributed by atoms with Gasteiger partial charge >= 0.3 is 0 Å². The van der Waals surface area contributed by atoms with Gasteiger partial charge in [-0.1, -0.05) is 26.2 Å². The molecular formula is C14H24ClNO. The minimum Gasteiger partial charge on any atom is -0.472 e. The van der Waals surface area contributed by atoms with Crippen molar-refractivity contribution in [3.63, 3.8) is 0 Å². The zero-order valence-electron chi connectivity index (χ0n) is 10.7. The summed E-state index contributed by atoms with van der Waals surface area (Å²) in [4.78, 5) is 0. The largest absolute Gasteiger partial charge is 0.472 e. The number of furan rings is 1. The van der Waals surface area contributed by atoms with Crippen LogP contribution in [0.2, 0.25) is 0 Å². The van der Waals surface area contributed by atoms with Gasteiger partial charge in [-0.05, 0) is 31.2 Å². The predicted molar refractivity (Wildman–Crippen MR) is 73.4 cm³/mol. The van der Waals surface area contributed by atoms with Crippen molar-refractivity contribution in [2.75, 3.05) is 0 Å². The van der Waals surface area contributed by atoms with E-state index in [0.717, 1.165) is 18.5 Å². The fourth-order valence-electron chi connectivity index (χ4n) is 2.83. The van der Waals surface area contributed by atoms with E-state index >= 15 is 0 Å². The van der Waals surface area contributed by atoms with Gasteiger partial charge in [0.25, 0.3) is 0 Å². The SMILES string of the molecule is CCCC1CCCCC1NCc1ccoc1.Cl. The summed E-state index contributed by atoms with van der Waals surface area (Å²) >= 11 is 0. The Morgan fingerprint density at radius 2 is 2.18 bits per heavy atom. The van der Waals surface area contributed by atoms with Crippen molar-refractivity contribution >= 4 is 12.4 Å². The van der Waals surface area contributed by atoms with Crippen molar-refractivity contribution < 1.29 is 4.42 Å². The molecule has 1 saturated carbocycles. The molecule has 2 rings (SSSR count). The van der Waals surface area contributed by atoms with E-state index in [1.54, 1.807) is 6.26 Å². The van der Waals surface area contributed by atoms with Crippen molar-refractivity contribution in [1.82, 2.24) is 5.32 Å². The Labute approximate surface area is 111 Å². The summed E-state index contributed by atoms with van der Waals surface area (Å²) in [6, 6.07) is 2.77. The fourth-order valence-corrected chi connectivity index (χ4v) is 2.83. The first-order valence-electron chi connectivity index (χ1n) is 6.64. The summed E-state index contributed by atoms with van der Waals surface area (Å²) in [5, 5.41) is 3.70. The first kappa shape index (κ1) is 14.6. The van der Waals surface area contributed by atoms with E-state index in [4.69, 9.17) is 4.42 Å². The molecule has 0 saturated heterocycles. The van der Waals surface area contributed by atoms with E-state index in [2.05, 4.69) is 12.2 Å². The van der Waals surface area contributed by atoms with Crippen LogP contribution in [0.3, 0.4) is 0 Å². The Bertz CT molecular complexity index is 284. The van der Waals surface area contributed by atoms with Crippen LogP contribution in [0, 0.1) is 5.92 Å². The Morgan fingerprint density at radius 3 is 2.88 bits per heavy atom. The van der Waals surface area contributed by atoms with E-state index in [0.29, 0.717) is 0 Å². The standard InChI is InChI=1S/C14H23NO.ClH/c1-2-5-13-6-3-4-7-14(13)15-10-12-8-9-16-11-12;/h8-9,11,13-15H,2-7,10H2,1H3;1H. The molecule has 1 N–H and O–H groups in total. The minimum atomic E-state index is 0. The molecule has 0 aromatic carbocycles. The maximum Gasteiger partial charge on any atom is 0.0947 e. The van der Waals surface area contributed by atoms with Crippen LogP contribution in [-0.2, 0) is 6.54 Å². The second-order valence-corrected chi connectivity index (χ2v) is 4.95. The summed E-state index contributed by atoms with van der Waals surface area (Å²) < 4.78 is 5.09. The highest BCUT2D eigenvalue weighted by atomic mass is 35.5. The van der Waals surface area contributed by atoms with Crippen LogP contribution in [0.1, 0.15) is 51.0 Å². The summed E-state index contributed by atoms with van der Waals surface area (Å²) in [5.41, 5.74) is 1.26. The van der Waals surface area contributed by atoms with Crippen molar-refractivity contribution in [1.29, 1.82) is 0 Å². The molecule has 0 bridgehead atoms. The lowest BCUT2D eigenvalue weighted by Crippen LogP contribution is -2.38. The van der Waals surface area contributed by atoms with Crippen LogP contribution in [0.15, 0.2) is 23.0 Å². The number of nitrogens with one attached hydrogen (secondary N) is 1. The van der Waals surface area contributed by atoms with Gasteiger partial charge in [0, 0.05) is 18.2 Å². The molecule has 98 valence electrons. The van der Waals surface area contributed by atoms with Gasteiger partial charge in [0.1, 0.15) is 0 Å². The van der Waals surface area contributed by atoms with Crippen molar-refractivity contribution in [3.05, 3.63) is 24.2 Å². The van der Waals surface area contributed by atoms with Gasteiger partial charge in [0.05, 0.1) is 12.5 Å². The molecule has 1 fully saturated rings. The van der Waals surface area contributed by atoms with E-state index in [1.807, 2.05) is 12.3 Å². The molecule has 3 heteroatoms. The van der Waals surface area contributed by atoms with E-state index < -0.39 is 0 Å². The third kappa shape index (κ3) is 4.36. The van der Waals surface area contributed by atoms with Gasteiger partial charge in [-0.15, -0.1) is 12.4 Å². The van der Waals surface area contributed by atoms with Crippen LogP contribution in [-0.4, -0.2) is 6.04 Å². The summed E-state index contributed by atoms with van der Waals surface area (Å²) in [6.45, 7) is 3.25. The fraction of sp³-hybridized carbons (Fsp3) is 0.714. The van der Waals surface area contributed by atoms with Crippen molar-refractivity contribution in [2.24, 2.45) is 5.92 Å². The van der Waals surface area contributed by atoms with Crippen molar-refractivity contribution in [2.45, 2.75) is 58.0 Å². The molecule has 1 aliphatic carbocycles. The van der Waals surface area contributed by atoms with Crippen LogP contribution in [0.4, 0.5) is 0 Å². The Morgan fingerprint density at radius 1 is 1.35 bits per heavy atom. The lowest BCUT2D eigenvalue weighted by molar-refractivity contribution is 0.246. The normalized spacial score (nSPS) is 24.3. The molecule has 0 spiro atoms. The second-order valence-electron chi connectivity index (χ2n) is 4.95. The molecular weight excluding hydrogens is 234 g/mol. The van der Waals surface area contributed by atoms with Crippen molar-refractivity contribution in [3.8, 4) is 0 Å². The molecule has 1 aromatic heterocycles. The van der Waals surface area contributed by atoms with Crippen LogP contribution < -0.4 is 5.32 Å². The molecule has 2 unspecified atom stereocenters. The minimum absolute atomic E-state index is 0. The maximum atomic E-state index is 5.09. The first-order valence-corrected chi connectivity index (χ1v) is 6.64. The first-order chi connectivity index (χ1) is 7.90. The lowest BCUT2D eigenvalue weighted by Gasteiger charge is -2.32. The quantitative estimate of drug-likeness (QED) is 0.857. The molecule has 2 atom stereocenters. The molecule has 0 amide bonds. The highest BCUT2D eigenvalue weighted by Gasteiger charge is 2.23. The molecule has 0 radical (unpaired) electrons. The Balaban J connectivity index is 0.00000144. The number of rotatable bonds is 5. The van der Waals surface area contributed by atoms with Gasteiger partial charge in [0.2, 0.25) is 0 Å². The molecule has 2 nitrogen and oxygen atoms in total. The van der Waals surface area contributed by atoms with Crippen LogP contribution in [0.25, 0.3) is 0 Å². The van der Waals surface area contributed by atoms with Gasteiger partial charge in [-0.25, -0.2) is 0 Å². The topological polar surface area (TPSA) is 25.2 Å². The zero-order chi connectivity index (χ0) is 11.2. The smallest absolute Gasteiger partial charge is 0.0947 e. The second kappa shape index (κ2) is 7.78. The van der Waals surface area contributed by atoms with Gasteiger partial charge < -0.3 is 9.73 Å². The monoisotopic (exact) mass is 257 g/mol. The van der Waals surface area contributed by atoms with Crippen LogP contribution in [0.5, 0.6) is 0 Å². The van der Waals surface area contributed by atoms with E-state index in [-0.39, 0.29) is 12.4 Å². The molecule has 1 heterocycles. The average Bonchev–Trinajstić information content (AvgIpc) is 2.81. The molecule has 17 heavy (non-hydrogen) atoms. The Hall–Kier alpha value is -0.470. The molecule has 1 aromatic rings. The van der Waals surface area contributed by atoms with Gasteiger partial charge in [-0.2, -0.15) is 0 Å². The number of hydrogen-bond acceptors (Lipinski definition) is 2. The maximum absolute atomic E-state index is 5.09. The van der Waals surface area contributed by atoms with Gasteiger partial charge in [-0.3, -0.25) is 0 Å². The molecule has 0 aliphatic heterocycles. The third-order valence-corrected chi connectivity index (χ3v) is 3.72. The summed E-state index contributed by atoms with van der Waals surface area (Å²) in [6.07, 6.45) is 11.9. The summed E-state index contributed by atoms with van der Waals surface area (Å²) in [5.74, 6) is 0.894.